The third-order valence-electron chi connectivity index (χ3n) is 4.90. The number of amides is 1. The molecule has 0 unspecified atom stereocenters. The van der Waals surface area contributed by atoms with Crippen LogP contribution in [0.4, 0.5) is 0 Å². The van der Waals surface area contributed by atoms with Gasteiger partial charge in [-0.25, -0.2) is 4.98 Å². The molecule has 5 heteroatoms. The Bertz CT molecular complexity index is 1170. The highest BCUT2D eigenvalue weighted by molar-refractivity contribution is 6.01. The van der Waals surface area contributed by atoms with Crippen LogP contribution in [-0.2, 0) is 5.41 Å². The molecule has 0 atom stereocenters. The first-order valence-corrected chi connectivity index (χ1v) is 9.89. The summed E-state index contributed by atoms with van der Waals surface area (Å²) in [6.07, 6.45) is 5.33. The predicted molar refractivity (Wildman–Crippen MR) is 121 cm³/mol. The van der Waals surface area contributed by atoms with Gasteiger partial charge >= 0.3 is 0 Å². The number of aromatic nitrogens is 3. The fraction of sp³-hybridized carbons (Fsp3) is 0.160. The van der Waals surface area contributed by atoms with E-state index in [1.54, 1.807) is 12.4 Å². The van der Waals surface area contributed by atoms with Crippen molar-refractivity contribution in [2.45, 2.75) is 26.2 Å². The summed E-state index contributed by atoms with van der Waals surface area (Å²) in [5, 5.41) is 3.02. The number of pyridine rings is 1. The normalized spacial score (nSPS) is 12.2. The molecule has 4 rings (SSSR count). The number of rotatable bonds is 4. The number of nitrogens with zero attached hydrogens (tertiary/aromatic N) is 2. The zero-order chi connectivity index (χ0) is 21.1. The van der Waals surface area contributed by atoms with Gasteiger partial charge in [0.1, 0.15) is 0 Å². The molecule has 0 saturated carbocycles. The van der Waals surface area contributed by atoms with E-state index in [9.17, 15) is 4.79 Å². The molecule has 150 valence electrons. The number of para-hydroxylation sites is 2. The predicted octanol–water partition coefficient (Wildman–Crippen LogP) is 5.18. The average Bonchev–Trinajstić information content (AvgIpc) is 3.18. The topological polar surface area (TPSA) is 70.7 Å². The van der Waals surface area contributed by atoms with E-state index < -0.39 is 0 Å². The van der Waals surface area contributed by atoms with Gasteiger partial charge in [-0.2, -0.15) is 0 Å². The van der Waals surface area contributed by atoms with Crippen molar-refractivity contribution in [2.75, 3.05) is 0 Å². The minimum absolute atomic E-state index is 0.0364. The number of carbonyl (C=O) groups excluding carboxylic acids is 1. The third-order valence-corrected chi connectivity index (χ3v) is 4.90. The molecule has 0 fully saturated rings. The van der Waals surface area contributed by atoms with Gasteiger partial charge in [0.15, 0.2) is 5.82 Å². The van der Waals surface area contributed by atoms with Gasteiger partial charge in [-0.15, -0.1) is 0 Å². The molecule has 0 bridgehead atoms. The zero-order valence-electron chi connectivity index (χ0n) is 17.3. The Labute approximate surface area is 175 Å². The number of imidazole rings is 1. The van der Waals surface area contributed by atoms with Gasteiger partial charge in [-0.1, -0.05) is 51.1 Å². The van der Waals surface area contributed by atoms with E-state index in [0.29, 0.717) is 17.1 Å². The maximum atomic E-state index is 13.0. The van der Waals surface area contributed by atoms with Crippen molar-refractivity contribution in [2.24, 2.45) is 0 Å². The summed E-state index contributed by atoms with van der Waals surface area (Å²) in [7, 11) is 0. The zero-order valence-corrected chi connectivity index (χ0v) is 17.3. The largest absolute Gasteiger partial charge is 0.337 e. The van der Waals surface area contributed by atoms with Crippen LogP contribution in [0.5, 0.6) is 0 Å². The maximum absolute atomic E-state index is 13.0. The molecule has 0 aliphatic carbocycles. The Balaban J connectivity index is 1.68. The lowest BCUT2D eigenvalue weighted by atomic mass is 9.87. The molecule has 1 amide bonds. The molecule has 0 saturated heterocycles. The molecule has 5 nitrogen and oxygen atoms in total. The molecule has 2 aromatic carbocycles. The van der Waals surface area contributed by atoms with E-state index in [1.807, 2.05) is 66.7 Å². The van der Waals surface area contributed by atoms with Crippen LogP contribution in [0.15, 0.2) is 73.1 Å². The lowest BCUT2D eigenvalue weighted by molar-refractivity contribution is 0.0973. The van der Waals surface area contributed by atoms with Crippen LogP contribution in [-0.4, -0.2) is 20.9 Å². The molecule has 0 aliphatic heterocycles. The summed E-state index contributed by atoms with van der Waals surface area (Å²) in [6, 6.07) is 19.3. The quantitative estimate of drug-likeness (QED) is 0.499. The number of aromatic amines is 1. The first-order chi connectivity index (χ1) is 14.4. The average molecular weight is 396 g/mol. The molecule has 0 aliphatic rings. The minimum atomic E-state index is -0.189. The summed E-state index contributed by atoms with van der Waals surface area (Å²) in [5.74, 6) is 0.408. The Morgan fingerprint density at radius 2 is 1.77 bits per heavy atom. The van der Waals surface area contributed by atoms with Crippen molar-refractivity contribution in [3.63, 3.8) is 0 Å². The highest BCUT2D eigenvalue weighted by atomic mass is 16.1. The van der Waals surface area contributed by atoms with Gasteiger partial charge < -0.3 is 10.3 Å². The van der Waals surface area contributed by atoms with Gasteiger partial charge in [-0.3, -0.25) is 9.78 Å². The number of carbonyl (C=O) groups is 1. The molecule has 2 heterocycles. The van der Waals surface area contributed by atoms with E-state index in [1.165, 1.54) is 5.56 Å². The first-order valence-electron chi connectivity index (χ1n) is 9.89. The second-order valence-electron chi connectivity index (χ2n) is 8.23. The van der Waals surface area contributed by atoms with Crippen molar-refractivity contribution < 1.29 is 4.79 Å². The molecule has 0 radical (unpaired) electrons. The number of nitrogens with one attached hydrogen (secondary N) is 2. The van der Waals surface area contributed by atoms with E-state index in [-0.39, 0.29) is 11.3 Å². The highest BCUT2D eigenvalue weighted by Crippen LogP contribution is 2.23. The number of hydrogen-bond acceptors (Lipinski definition) is 3. The number of H-pyrrole nitrogens is 1. The van der Waals surface area contributed by atoms with Crippen LogP contribution >= 0.6 is 0 Å². The molecule has 4 aromatic rings. The minimum Gasteiger partial charge on any atom is -0.337 e. The van der Waals surface area contributed by atoms with Gasteiger partial charge in [0.25, 0.3) is 5.91 Å². The van der Waals surface area contributed by atoms with Crippen LogP contribution in [0.25, 0.3) is 22.8 Å². The summed E-state index contributed by atoms with van der Waals surface area (Å²) in [5.41, 5.74) is 5.02. The highest BCUT2D eigenvalue weighted by Gasteiger charge is 2.16. The second kappa shape index (κ2) is 7.95. The van der Waals surface area contributed by atoms with Crippen LogP contribution in [0.1, 0.15) is 48.1 Å². The maximum Gasteiger partial charge on any atom is 0.255 e. The summed E-state index contributed by atoms with van der Waals surface area (Å²) < 4.78 is 0. The molecular formula is C25H24N4O. The van der Waals surface area contributed by atoms with Crippen molar-refractivity contribution >= 4 is 28.7 Å². The molecule has 30 heavy (non-hydrogen) atoms. The van der Waals surface area contributed by atoms with Crippen LogP contribution in [0, 0.1) is 0 Å². The SMILES string of the molecule is CC(C)(C)c1ccc(C(=O)NC(=Cc2cccnc2)c2nc3ccccc3[nH]2)cc1. The van der Waals surface area contributed by atoms with Gasteiger partial charge in [0.2, 0.25) is 0 Å². The van der Waals surface area contributed by atoms with Gasteiger partial charge in [-0.05, 0) is 52.9 Å². The standard InChI is InChI=1S/C25H24N4O/c1-25(2,3)19-12-10-18(11-13-19)24(30)29-22(15-17-7-6-14-26-16-17)23-27-20-8-4-5-9-21(20)28-23/h4-16H,1-3H3,(H,27,28)(H,29,30). The van der Waals surface area contributed by atoms with Crippen LogP contribution < -0.4 is 5.32 Å². The van der Waals surface area contributed by atoms with Crippen LogP contribution in [0.3, 0.4) is 0 Å². The number of fused-ring (bicyclic) bond motifs is 1. The lowest BCUT2D eigenvalue weighted by Gasteiger charge is -2.19. The molecular weight excluding hydrogens is 372 g/mol. The lowest BCUT2D eigenvalue weighted by Crippen LogP contribution is -2.23. The Morgan fingerprint density at radius 3 is 2.43 bits per heavy atom. The fourth-order valence-corrected chi connectivity index (χ4v) is 3.19. The third kappa shape index (κ3) is 4.30. The molecule has 0 spiro atoms. The molecule has 2 aromatic heterocycles. The van der Waals surface area contributed by atoms with Crippen molar-refractivity contribution in [3.8, 4) is 0 Å². The van der Waals surface area contributed by atoms with Gasteiger partial charge in [0, 0.05) is 18.0 Å². The Kier molecular flexibility index (Phi) is 5.19. The van der Waals surface area contributed by atoms with Crippen molar-refractivity contribution in [1.82, 2.24) is 20.3 Å². The summed E-state index contributed by atoms with van der Waals surface area (Å²) in [4.78, 5) is 25.1. The number of hydrogen-bond donors (Lipinski definition) is 2. The molecule has 2 N–H and O–H groups in total. The van der Waals surface area contributed by atoms with E-state index in [4.69, 9.17) is 0 Å². The number of benzene rings is 2. The smallest absolute Gasteiger partial charge is 0.255 e. The Morgan fingerprint density at radius 1 is 1.00 bits per heavy atom. The van der Waals surface area contributed by atoms with Crippen molar-refractivity contribution in [3.05, 3.63) is 95.6 Å². The van der Waals surface area contributed by atoms with Crippen molar-refractivity contribution in [1.29, 1.82) is 0 Å². The van der Waals surface area contributed by atoms with E-state index >= 15 is 0 Å². The summed E-state index contributed by atoms with van der Waals surface area (Å²) in [6.45, 7) is 6.45. The summed E-state index contributed by atoms with van der Waals surface area (Å²) >= 11 is 0. The van der Waals surface area contributed by atoms with E-state index in [0.717, 1.165) is 16.6 Å². The second-order valence-corrected chi connectivity index (χ2v) is 8.23. The van der Waals surface area contributed by atoms with Gasteiger partial charge in [0.05, 0.1) is 16.7 Å². The first kappa shape index (κ1) is 19.6. The fourth-order valence-electron chi connectivity index (χ4n) is 3.19. The van der Waals surface area contributed by atoms with Crippen LogP contribution in [0.2, 0.25) is 0 Å². The Hall–Kier alpha value is -3.73. The monoisotopic (exact) mass is 396 g/mol. The van der Waals surface area contributed by atoms with E-state index in [2.05, 4.69) is 41.0 Å².